The Bertz CT molecular complexity index is 1580. The van der Waals surface area contributed by atoms with Crippen LogP contribution in [-0.2, 0) is 34.5 Å². The zero-order chi connectivity index (χ0) is 26.8. The van der Waals surface area contributed by atoms with Crippen LogP contribution in [0.25, 0.3) is 10.8 Å². The minimum atomic E-state index is -3.86. The Morgan fingerprint density at radius 2 is 1.56 bits per heavy atom. The average molecular weight is 543 g/mol. The van der Waals surface area contributed by atoms with Crippen LogP contribution in [0.5, 0.6) is 0 Å². The third-order valence-corrected chi connectivity index (χ3v) is 9.42. The number of nitrogens with zero attached hydrogens (tertiary/aromatic N) is 3. The number of carbonyl (C=O) groups excluding carboxylic acids is 1. The molecule has 1 unspecified atom stereocenters. The van der Waals surface area contributed by atoms with Crippen LogP contribution in [0, 0.1) is 0 Å². The van der Waals surface area contributed by atoms with Crippen molar-refractivity contribution in [1.29, 1.82) is 0 Å². The molecule has 3 heterocycles. The van der Waals surface area contributed by atoms with Crippen LogP contribution in [0.1, 0.15) is 42.3 Å². The molecule has 0 radical (unpaired) electrons. The lowest BCUT2D eigenvalue weighted by Gasteiger charge is -2.31. The molecule has 6 rings (SSSR count). The molecular formula is C31H34N4O3S. The van der Waals surface area contributed by atoms with E-state index in [-0.39, 0.29) is 17.2 Å². The number of carbonyl (C=O) groups is 1. The number of amides is 1. The first kappa shape index (κ1) is 25.8. The van der Waals surface area contributed by atoms with Gasteiger partial charge in [0.1, 0.15) is 0 Å². The molecule has 8 heteroatoms. The molecule has 202 valence electrons. The zero-order valence-corrected chi connectivity index (χ0v) is 22.8. The van der Waals surface area contributed by atoms with Crippen molar-refractivity contribution in [2.75, 3.05) is 19.6 Å². The molecule has 0 bridgehead atoms. The molecule has 1 N–H and O–H groups in total. The number of hydrogen-bond donors (Lipinski definition) is 1. The predicted molar refractivity (Wildman–Crippen MR) is 152 cm³/mol. The average Bonchev–Trinajstić information content (AvgIpc) is 3.63. The van der Waals surface area contributed by atoms with Gasteiger partial charge in [-0.15, -0.1) is 0 Å². The Labute approximate surface area is 230 Å². The SMILES string of the molecule is O=C(CC(NS(=O)(=O)c1ccc2ccccc2c1)c1ccccc1)N1CCn2c(CN3CCCC3)ccc2C1. The quantitative estimate of drug-likeness (QED) is 0.351. The zero-order valence-electron chi connectivity index (χ0n) is 22.0. The van der Waals surface area contributed by atoms with Gasteiger partial charge in [-0.25, -0.2) is 13.1 Å². The summed E-state index contributed by atoms with van der Waals surface area (Å²) in [7, 11) is -3.86. The summed E-state index contributed by atoms with van der Waals surface area (Å²) < 4.78 is 32.1. The van der Waals surface area contributed by atoms with E-state index in [4.69, 9.17) is 0 Å². The molecule has 0 spiro atoms. The van der Waals surface area contributed by atoms with E-state index < -0.39 is 16.1 Å². The second-order valence-corrected chi connectivity index (χ2v) is 12.3. The number of nitrogens with one attached hydrogen (secondary N) is 1. The van der Waals surface area contributed by atoms with E-state index in [1.54, 1.807) is 12.1 Å². The van der Waals surface area contributed by atoms with Gasteiger partial charge < -0.3 is 9.47 Å². The molecule has 3 aromatic carbocycles. The number of hydrogen-bond acceptors (Lipinski definition) is 4. The van der Waals surface area contributed by atoms with Crippen LogP contribution in [0.15, 0.2) is 89.8 Å². The van der Waals surface area contributed by atoms with E-state index in [1.165, 1.54) is 18.5 Å². The lowest BCUT2D eigenvalue weighted by Crippen LogP contribution is -2.41. The van der Waals surface area contributed by atoms with Gasteiger partial charge in [-0.3, -0.25) is 9.69 Å². The molecule has 1 amide bonds. The summed E-state index contributed by atoms with van der Waals surface area (Å²) in [4.78, 5) is 18.1. The topological polar surface area (TPSA) is 74.6 Å². The van der Waals surface area contributed by atoms with Gasteiger partial charge in [0.15, 0.2) is 0 Å². The summed E-state index contributed by atoms with van der Waals surface area (Å²) in [5.41, 5.74) is 3.21. The van der Waals surface area contributed by atoms with Gasteiger partial charge in [0.05, 0.1) is 17.5 Å². The summed E-state index contributed by atoms with van der Waals surface area (Å²) in [5.74, 6) is -0.0568. The second-order valence-electron chi connectivity index (χ2n) is 10.6. The molecule has 1 saturated heterocycles. The van der Waals surface area contributed by atoms with Crippen molar-refractivity contribution in [3.05, 3.63) is 102 Å². The van der Waals surface area contributed by atoms with Gasteiger partial charge in [0, 0.05) is 37.4 Å². The smallest absolute Gasteiger partial charge is 0.241 e. The molecule has 2 aliphatic rings. The summed E-state index contributed by atoms with van der Waals surface area (Å²) in [6.07, 6.45) is 2.59. The van der Waals surface area contributed by atoms with Crippen molar-refractivity contribution in [2.24, 2.45) is 0 Å². The van der Waals surface area contributed by atoms with Crippen molar-refractivity contribution in [2.45, 2.75) is 49.8 Å². The highest BCUT2D eigenvalue weighted by Gasteiger charge is 2.28. The highest BCUT2D eigenvalue weighted by molar-refractivity contribution is 7.89. The molecule has 4 aromatic rings. The van der Waals surface area contributed by atoms with Crippen molar-refractivity contribution < 1.29 is 13.2 Å². The Balaban J connectivity index is 1.19. The molecular weight excluding hydrogens is 508 g/mol. The summed E-state index contributed by atoms with van der Waals surface area (Å²) in [6.45, 7) is 5.18. The minimum absolute atomic E-state index is 0.0537. The monoisotopic (exact) mass is 542 g/mol. The van der Waals surface area contributed by atoms with Gasteiger partial charge in [-0.05, 0) is 66.5 Å². The Morgan fingerprint density at radius 3 is 2.36 bits per heavy atom. The molecule has 2 aliphatic heterocycles. The highest BCUT2D eigenvalue weighted by atomic mass is 32.2. The van der Waals surface area contributed by atoms with Crippen LogP contribution in [-0.4, -0.2) is 48.3 Å². The maximum absolute atomic E-state index is 13.5. The Hall–Kier alpha value is -3.46. The highest BCUT2D eigenvalue weighted by Crippen LogP contribution is 2.26. The normalized spacial score (nSPS) is 16.9. The van der Waals surface area contributed by atoms with Gasteiger partial charge >= 0.3 is 0 Å². The number of sulfonamides is 1. The fourth-order valence-corrected chi connectivity index (χ4v) is 7.06. The van der Waals surface area contributed by atoms with Gasteiger partial charge in [-0.2, -0.15) is 0 Å². The van der Waals surface area contributed by atoms with E-state index in [2.05, 4.69) is 26.3 Å². The van der Waals surface area contributed by atoms with Crippen LogP contribution in [0.2, 0.25) is 0 Å². The van der Waals surface area contributed by atoms with E-state index >= 15 is 0 Å². The molecule has 1 atom stereocenters. The molecule has 39 heavy (non-hydrogen) atoms. The summed E-state index contributed by atoms with van der Waals surface area (Å²) in [5, 5.41) is 1.83. The number of benzene rings is 3. The fourth-order valence-electron chi connectivity index (χ4n) is 5.80. The first-order valence-electron chi connectivity index (χ1n) is 13.7. The van der Waals surface area contributed by atoms with Gasteiger partial charge in [0.2, 0.25) is 15.9 Å². The van der Waals surface area contributed by atoms with Crippen molar-refractivity contribution >= 4 is 26.7 Å². The van der Waals surface area contributed by atoms with Crippen molar-refractivity contribution in [3.63, 3.8) is 0 Å². The lowest BCUT2D eigenvalue weighted by molar-refractivity contribution is -0.133. The Morgan fingerprint density at radius 1 is 0.821 bits per heavy atom. The maximum Gasteiger partial charge on any atom is 0.241 e. The second kappa shape index (κ2) is 11.0. The molecule has 7 nitrogen and oxygen atoms in total. The van der Waals surface area contributed by atoms with Crippen LogP contribution >= 0.6 is 0 Å². The molecule has 1 fully saturated rings. The van der Waals surface area contributed by atoms with Gasteiger partial charge in [0.25, 0.3) is 0 Å². The maximum atomic E-state index is 13.5. The van der Waals surface area contributed by atoms with Crippen LogP contribution in [0.4, 0.5) is 0 Å². The standard InChI is InChI=1S/C31H34N4O3S/c36-31(34-18-19-35-27(13-14-28(35)23-34)22-33-16-6-7-17-33)21-30(25-9-2-1-3-10-25)32-39(37,38)29-15-12-24-8-4-5-11-26(24)20-29/h1-5,8-15,20,30,32H,6-7,16-19,21-23H2. The van der Waals surface area contributed by atoms with E-state index in [1.807, 2.05) is 65.6 Å². The number of aromatic nitrogens is 1. The first-order chi connectivity index (χ1) is 19.0. The Kier molecular flexibility index (Phi) is 7.25. The van der Waals surface area contributed by atoms with Crippen molar-refractivity contribution in [3.8, 4) is 0 Å². The molecule has 1 aromatic heterocycles. The third-order valence-electron chi connectivity index (χ3n) is 7.95. The van der Waals surface area contributed by atoms with Crippen LogP contribution < -0.4 is 4.72 Å². The number of fused-ring (bicyclic) bond motifs is 2. The molecule has 0 saturated carbocycles. The van der Waals surface area contributed by atoms with Crippen molar-refractivity contribution in [1.82, 2.24) is 19.1 Å². The number of rotatable bonds is 8. The van der Waals surface area contributed by atoms with E-state index in [9.17, 15) is 13.2 Å². The third kappa shape index (κ3) is 5.64. The largest absolute Gasteiger partial charge is 0.344 e. The van der Waals surface area contributed by atoms with Crippen LogP contribution in [0.3, 0.4) is 0 Å². The summed E-state index contributed by atoms with van der Waals surface area (Å²) in [6, 6.07) is 25.8. The van der Waals surface area contributed by atoms with Gasteiger partial charge in [-0.1, -0.05) is 60.7 Å². The number of likely N-dealkylation sites (tertiary alicyclic amines) is 1. The lowest BCUT2D eigenvalue weighted by atomic mass is 10.0. The fraction of sp³-hybridized carbons (Fsp3) is 0.323. The predicted octanol–water partition coefficient (Wildman–Crippen LogP) is 4.69. The molecule has 0 aliphatic carbocycles. The summed E-state index contributed by atoms with van der Waals surface area (Å²) >= 11 is 0. The minimum Gasteiger partial charge on any atom is -0.344 e. The van der Waals surface area contributed by atoms with E-state index in [0.29, 0.717) is 13.1 Å². The van der Waals surface area contributed by atoms with E-state index in [0.717, 1.165) is 48.2 Å². The first-order valence-corrected chi connectivity index (χ1v) is 15.2.